The Morgan fingerprint density at radius 1 is 1.24 bits per heavy atom. The highest BCUT2D eigenvalue weighted by atomic mass is 16.5. The number of amides is 2. The molecule has 1 saturated carbocycles. The lowest BCUT2D eigenvalue weighted by atomic mass is 10.2. The van der Waals surface area contributed by atoms with Gasteiger partial charge in [0.15, 0.2) is 6.10 Å². The van der Waals surface area contributed by atoms with Crippen LogP contribution in [0.3, 0.4) is 0 Å². The Morgan fingerprint density at radius 2 is 1.88 bits per heavy atom. The Labute approximate surface area is 146 Å². The van der Waals surface area contributed by atoms with Gasteiger partial charge in [-0.2, -0.15) is 5.26 Å². The highest BCUT2D eigenvalue weighted by molar-refractivity contribution is 5.94. The van der Waals surface area contributed by atoms with E-state index in [9.17, 15) is 14.4 Å². The lowest BCUT2D eigenvalue weighted by molar-refractivity contribution is -0.129. The van der Waals surface area contributed by atoms with Gasteiger partial charge in [-0.1, -0.05) is 12.8 Å². The summed E-state index contributed by atoms with van der Waals surface area (Å²) < 4.78 is 5.19. The highest BCUT2D eigenvalue weighted by Crippen LogP contribution is 2.18. The average Bonchev–Trinajstić information content (AvgIpc) is 3.08. The maximum Gasteiger partial charge on any atom is 0.338 e. The zero-order valence-corrected chi connectivity index (χ0v) is 14.1. The van der Waals surface area contributed by atoms with Crippen molar-refractivity contribution in [2.45, 2.75) is 51.2 Å². The summed E-state index contributed by atoms with van der Waals surface area (Å²) in [6.07, 6.45) is 3.03. The van der Waals surface area contributed by atoms with E-state index in [0.29, 0.717) is 5.69 Å². The van der Waals surface area contributed by atoms with Crippen molar-refractivity contribution in [2.24, 2.45) is 0 Å². The number of rotatable bonds is 6. The second-order valence-corrected chi connectivity index (χ2v) is 6.00. The molecule has 0 heterocycles. The van der Waals surface area contributed by atoms with Gasteiger partial charge in [-0.3, -0.25) is 9.59 Å². The first-order valence-electron chi connectivity index (χ1n) is 8.28. The van der Waals surface area contributed by atoms with E-state index in [1.165, 1.54) is 24.3 Å². The molecular weight excluding hydrogens is 322 g/mol. The van der Waals surface area contributed by atoms with Gasteiger partial charge in [-0.25, -0.2) is 4.79 Å². The fraction of sp³-hybridized carbons (Fsp3) is 0.444. The molecule has 1 aromatic carbocycles. The number of ether oxygens (including phenoxy) is 1. The SMILES string of the molecule is C[C@H](OC(=O)c1ccc(NC(=O)CC#N)cc1)C(=O)NC1CCCC1. The summed E-state index contributed by atoms with van der Waals surface area (Å²) in [6, 6.07) is 7.98. The van der Waals surface area contributed by atoms with Crippen LogP contribution in [0, 0.1) is 11.3 Å². The van der Waals surface area contributed by atoms with Crippen molar-refractivity contribution in [2.75, 3.05) is 5.32 Å². The molecule has 1 aliphatic rings. The Bertz CT molecular complexity index is 673. The van der Waals surface area contributed by atoms with Gasteiger partial charge in [-0.15, -0.1) is 0 Å². The van der Waals surface area contributed by atoms with Crippen LogP contribution in [0.15, 0.2) is 24.3 Å². The molecule has 0 radical (unpaired) electrons. The van der Waals surface area contributed by atoms with Crippen LogP contribution >= 0.6 is 0 Å². The fourth-order valence-electron chi connectivity index (χ4n) is 2.64. The van der Waals surface area contributed by atoms with Gasteiger partial charge in [0.2, 0.25) is 5.91 Å². The third kappa shape index (κ3) is 5.60. The van der Waals surface area contributed by atoms with Crippen LogP contribution in [0.2, 0.25) is 0 Å². The van der Waals surface area contributed by atoms with Gasteiger partial charge in [0.25, 0.3) is 5.91 Å². The molecule has 1 aliphatic carbocycles. The molecule has 2 N–H and O–H groups in total. The van der Waals surface area contributed by atoms with Crippen molar-refractivity contribution in [1.82, 2.24) is 5.32 Å². The lowest BCUT2D eigenvalue weighted by Gasteiger charge is -2.17. The van der Waals surface area contributed by atoms with E-state index >= 15 is 0 Å². The first kappa shape index (κ1) is 18.5. The molecule has 1 fully saturated rings. The lowest BCUT2D eigenvalue weighted by Crippen LogP contribution is -2.40. The Kier molecular flexibility index (Phi) is 6.52. The maximum atomic E-state index is 12.1. The summed E-state index contributed by atoms with van der Waals surface area (Å²) in [6.45, 7) is 1.54. The molecule has 7 heteroatoms. The molecule has 1 atom stereocenters. The van der Waals surface area contributed by atoms with Crippen LogP contribution < -0.4 is 10.6 Å². The number of hydrogen-bond donors (Lipinski definition) is 2. The second kappa shape index (κ2) is 8.83. The summed E-state index contributed by atoms with van der Waals surface area (Å²) in [4.78, 5) is 35.5. The maximum absolute atomic E-state index is 12.1. The Morgan fingerprint density at radius 3 is 2.48 bits per heavy atom. The van der Waals surface area contributed by atoms with E-state index < -0.39 is 18.0 Å². The van der Waals surface area contributed by atoms with Crippen molar-refractivity contribution in [3.05, 3.63) is 29.8 Å². The van der Waals surface area contributed by atoms with Gasteiger partial charge >= 0.3 is 5.97 Å². The number of carbonyl (C=O) groups excluding carboxylic acids is 3. The zero-order chi connectivity index (χ0) is 18.2. The summed E-state index contributed by atoms with van der Waals surface area (Å²) >= 11 is 0. The van der Waals surface area contributed by atoms with E-state index in [1.54, 1.807) is 13.0 Å². The third-order valence-corrected chi connectivity index (χ3v) is 4.00. The third-order valence-electron chi connectivity index (χ3n) is 4.00. The van der Waals surface area contributed by atoms with E-state index in [-0.39, 0.29) is 23.9 Å². The quantitative estimate of drug-likeness (QED) is 0.769. The summed E-state index contributed by atoms with van der Waals surface area (Å²) in [5, 5.41) is 13.9. The summed E-state index contributed by atoms with van der Waals surface area (Å²) in [7, 11) is 0. The van der Waals surface area contributed by atoms with Gasteiger partial charge < -0.3 is 15.4 Å². The van der Waals surface area contributed by atoms with Gasteiger partial charge in [0, 0.05) is 11.7 Å². The number of carbonyl (C=O) groups is 3. The molecule has 1 aromatic rings. The van der Waals surface area contributed by atoms with Crippen molar-refractivity contribution in [3.63, 3.8) is 0 Å². The predicted octanol–water partition coefficient (Wildman–Crippen LogP) is 2.14. The largest absolute Gasteiger partial charge is 0.449 e. The molecular formula is C18H21N3O4. The van der Waals surface area contributed by atoms with Crippen LogP contribution in [-0.4, -0.2) is 29.9 Å². The van der Waals surface area contributed by atoms with E-state index in [4.69, 9.17) is 10.00 Å². The highest BCUT2D eigenvalue weighted by Gasteiger charge is 2.23. The molecule has 7 nitrogen and oxygen atoms in total. The number of nitrogens with zero attached hydrogens (tertiary/aromatic N) is 1. The minimum atomic E-state index is -0.872. The number of nitriles is 1. The molecule has 0 bridgehead atoms. The van der Waals surface area contributed by atoms with Crippen LogP contribution in [0.1, 0.15) is 49.4 Å². The van der Waals surface area contributed by atoms with E-state index in [2.05, 4.69) is 10.6 Å². The molecule has 0 unspecified atom stereocenters. The Balaban J connectivity index is 1.86. The minimum Gasteiger partial charge on any atom is -0.449 e. The van der Waals surface area contributed by atoms with Gasteiger partial charge in [0.1, 0.15) is 6.42 Å². The number of anilines is 1. The molecule has 2 rings (SSSR count). The molecule has 0 aliphatic heterocycles. The van der Waals surface area contributed by atoms with Crippen LogP contribution in [-0.2, 0) is 14.3 Å². The summed E-state index contributed by atoms with van der Waals surface area (Å²) in [5.41, 5.74) is 0.752. The van der Waals surface area contributed by atoms with Gasteiger partial charge in [0.05, 0.1) is 11.6 Å². The molecule has 25 heavy (non-hydrogen) atoms. The predicted molar refractivity (Wildman–Crippen MR) is 90.6 cm³/mol. The molecule has 0 saturated heterocycles. The van der Waals surface area contributed by atoms with Crippen molar-refractivity contribution < 1.29 is 19.1 Å². The number of benzene rings is 1. The first-order chi connectivity index (χ1) is 12.0. The number of nitrogens with one attached hydrogen (secondary N) is 2. The summed E-state index contributed by atoms with van der Waals surface area (Å²) in [5.74, 6) is -1.32. The minimum absolute atomic E-state index is 0.171. The molecule has 2 amide bonds. The zero-order valence-electron chi connectivity index (χ0n) is 14.1. The topological polar surface area (TPSA) is 108 Å². The number of hydrogen-bond acceptors (Lipinski definition) is 5. The van der Waals surface area contributed by atoms with Crippen LogP contribution in [0.25, 0.3) is 0 Å². The van der Waals surface area contributed by atoms with Crippen molar-refractivity contribution in [1.29, 1.82) is 5.26 Å². The van der Waals surface area contributed by atoms with Crippen molar-refractivity contribution in [3.8, 4) is 6.07 Å². The molecule has 0 aromatic heterocycles. The monoisotopic (exact) mass is 343 g/mol. The van der Waals surface area contributed by atoms with E-state index in [1.807, 2.05) is 0 Å². The number of esters is 1. The average molecular weight is 343 g/mol. The standard InChI is InChI=1S/C18H21N3O4/c1-12(17(23)21-14-4-2-3-5-14)25-18(24)13-6-8-15(9-7-13)20-16(22)10-11-19/h6-9,12,14H,2-5,10H2,1H3,(H,20,22)(H,21,23)/t12-/m0/s1. The van der Waals surface area contributed by atoms with Crippen molar-refractivity contribution >= 4 is 23.5 Å². The van der Waals surface area contributed by atoms with Crippen LogP contribution in [0.5, 0.6) is 0 Å². The fourth-order valence-corrected chi connectivity index (χ4v) is 2.64. The normalized spacial score (nSPS) is 15.0. The second-order valence-electron chi connectivity index (χ2n) is 6.00. The molecule has 0 spiro atoms. The molecule has 132 valence electrons. The van der Waals surface area contributed by atoms with E-state index in [0.717, 1.165) is 25.7 Å². The van der Waals surface area contributed by atoms with Crippen LogP contribution in [0.4, 0.5) is 5.69 Å². The first-order valence-corrected chi connectivity index (χ1v) is 8.28. The smallest absolute Gasteiger partial charge is 0.338 e. The Hall–Kier alpha value is -2.88. The van der Waals surface area contributed by atoms with Gasteiger partial charge in [-0.05, 0) is 44.0 Å².